The first kappa shape index (κ1) is 18.2. The second-order valence-electron chi connectivity index (χ2n) is 7.69. The van der Waals surface area contributed by atoms with Gasteiger partial charge in [-0.25, -0.2) is 14.8 Å². The van der Waals surface area contributed by atoms with Crippen molar-refractivity contribution in [3.05, 3.63) is 71.1 Å². The summed E-state index contributed by atoms with van der Waals surface area (Å²) in [6.07, 6.45) is 4.92. The van der Waals surface area contributed by atoms with Gasteiger partial charge in [0.05, 0.1) is 0 Å². The van der Waals surface area contributed by atoms with E-state index in [1.165, 1.54) is 11.1 Å². The lowest BCUT2D eigenvalue weighted by Crippen LogP contribution is -2.19. The van der Waals surface area contributed by atoms with Crippen LogP contribution in [0.1, 0.15) is 36.0 Å². The van der Waals surface area contributed by atoms with Crippen molar-refractivity contribution >= 4 is 40.2 Å². The topological polar surface area (TPSA) is 118 Å². The van der Waals surface area contributed by atoms with Crippen LogP contribution in [0.4, 0.5) is 16.2 Å². The number of carbonyl (C=O) groups is 1. The minimum atomic E-state index is -0.296. The van der Waals surface area contributed by atoms with E-state index in [2.05, 4.69) is 26.7 Å². The van der Waals surface area contributed by atoms with Crippen LogP contribution in [0.3, 0.4) is 0 Å². The molecule has 7 nitrogen and oxygen atoms in total. The summed E-state index contributed by atoms with van der Waals surface area (Å²) in [6.45, 7) is 0. The molecule has 0 saturated heterocycles. The summed E-state index contributed by atoms with van der Waals surface area (Å²) in [7, 11) is 0. The van der Waals surface area contributed by atoms with Gasteiger partial charge in [-0.2, -0.15) is 0 Å². The fourth-order valence-electron chi connectivity index (χ4n) is 4.14. The highest BCUT2D eigenvalue weighted by molar-refractivity contribution is 6.02. The molecule has 2 amide bonds. The van der Waals surface area contributed by atoms with Crippen LogP contribution in [-0.2, 0) is 6.42 Å². The Balaban J connectivity index is 1.29. The fraction of sp³-hybridized carbons (Fsp3) is 0.174. The van der Waals surface area contributed by atoms with Crippen molar-refractivity contribution in [2.45, 2.75) is 25.7 Å². The van der Waals surface area contributed by atoms with Gasteiger partial charge >= 0.3 is 6.03 Å². The number of nitrogens with one attached hydrogen (secondary N) is 2. The molecule has 0 aromatic heterocycles. The van der Waals surface area contributed by atoms with Crippen LogP contribution in [0, 0.1) is 0 Å². The molecule has 3 aliphatic rings. The molecule has 0 spiro atoms. The molecule has 150 valence electrons. The van der Waals surface area contributed by atoms with Gasteiger partial charge in [-0.15, -0.1) is 0 Å². The quantitative estimate of drug-likeness (QED) is 0.629. The van der Waals surface area contributed by atoms with Crippen molar-refractivity contribution in [2.75, 3.05) is 10.6 Å². The van der Waals surface area contributed by atoms with Gasteiger partial charge < -0.3 is 22.1 Å². The van der Waals surface area contributed by atoms with E-state index in [0.29, 0.717) is 30.2 Å². The summed E-state index contributed by atoms with van der Waals surface area (Å²) in [4.78, 5) is 21.2. The summed E-state index contributed by atoms with van der Waals surface area (Å²) < 4.78 is 0. The highest BCUT2D eigenvalue weighted by atomic mass is 16.2. The number of nitrogens with two attached hydrogens (primary N) is 2. The Morgan fingerprint density at radius 3 is 2.57 bits per heavy atom. The lowest BCUT2D eigenvalue weighted by atomic mass is 9.88. The van der Waals surface area contributed by atoms with Crippen molar-refractivity contribution in [1.82, 2.24) is 0 Å². The zero-order chi connectivity index (χ0) is 20.7. The number of aryl methyl sites for hydroxylation is 1. The molecule has 5 rings (SSSR count). The molecule has 6 N–H and O–H groups in total. The fourth-order valence-corrected chi connectivity index (χ4v) is 4.14. The van der Waals surface area contributed by atoms with Crippen molar-refractivity contribution in [1.29, 1.82) is 0 Å². The molecule has 0 atom stereocenters. The molecule has 2 aromatic rings. The highest BCUT2D eigenvalue weighted by Crippen LogP contribution is 2.38. The first-order valence-electron chi connectivity index (χ1n) is 9.93. The van der Waals surface area contributed by atoms with Gasteiger partial charge in [0.25, 0.3) is 0 Å². The molecule has 0 saturated carbocycles. The first-order valence-corrected chi connectivity index (χ1v) is 9.93. The first-order chi connectivity index (χ1) is 14.5. The lowest BCUT2D eigenvalue weighted by molar-refractivity contribution is 0.262. The highest BCUT2D eigenvalue weighted by Gasteiger charge is 2.24. The molecule has 0 bridgehead atoms. The zero-order valence-electron chi connectivity index (χ0n) is 16.4. The van der Waals surface area contributed by atoms with Gasteiger partial charge in [-0.1, -0.05) is 18.2 Å². The second-order valence-corrected chi connectivity index (χ2v) is 7.69. The molecule has 2 heterocycles. The number of benzene rings is 2. The number of amides is 2. The van der Waals surface area contributed by atoms with Crippen molar-refractivity contribution < 1.29 is 4.79 Å². The van der Waals surface area contributed by atoms with Crippen LogP contribution in [-0.4, -0.2) is 17.7 Å². The predicted octanol–water partition coefficient (Wildman–Crippen LogP) is 3.85. The van der Waals surface area contributed by atoms with Crippen molar-refractivity contribution in [3.63, 3.8) is 0 Å². The molecule has 30 heavy (non-hydrogen) atoms. The Bertz CT molecular complexity index is 1190. The number of aliphatic imine (C=N–C) groups is 2. The third-order valence-corrected chi connectivity index (χ3v) is 5.56. The molecular weight excluding hydrogens is 376 g/mol. The van der Waals surface area contributed by atoms with Crippen LogP contribution >= 0.6 is 0 Å². The summed E-state index contributed by atoms with van der Waals surface area (Å²) in [5.41, 5.74) is 19.8. The monoisotopic (exact) mass is 398 g/mol. The molecule has 7 heteroatoms. The number of anilines is 2. The molecule has 0 radical (unpaired) electrons. The van der Waals surface area contributed by atoms with Crippen LogP contribution in [0.5, 0.6) is 0 Å². The van der Waals surface area contributed by atoms with Gasteiger partial charge in [0, 0.05) is 36.1 Å². The predicted molar refractivity (Wildman–Crippen MR) is 121 cm³/mol. The number of hydrogen-bond acceptors (Lipinski definition) is 5. The normalized spacial score (nSPS) is 17.0. The Kier molecular flexibility index (Phi) is 4.35. The molecular formula is C23H22N6O. The second kappa shape index (κ2) is 7.18. The summed E-state index contributed by atoms with van der Waals surface area (Å²) in [6, 6.07) is 13.4. The van der Waals surface area contributed by atoms with E-state index in [-0.39, 0.29) is 6.03 Å². The molecule has 0 fully saturated rings. The minimum Gasteiger partial charge on any atom is -0.387 e. The van der Waals surface area contributed by atoms with Gasteiger partial charge in [0.2, 0.25) is 0 Å². The summed E-state index contributed by atoms with van der Waals surface area (Å²) in [5.74, 6) is 1.26. The average molecular weight is 398 g/mol. The maximum Gasteiger partial charge on any atom is 0.323 e. The molecule has 1 aliphatic carbocycles. The van der Waals surface area contributed by atoms with E-state index < -0.39 is 0 Å². The number of fused-ring (bicyclic) bond motifs is 2. The van der Waals surface area contributed by atoms with E-state index in [0.717, 1.165) is 40.9 Å². The van der Waals surface area contributed by atoms with E-state index in [1.807, 2.05) is 36.4 Å². The third kappa shape index (κ3) is 3.45. The average Bonchev–Trinajstić information content (AvgIpc) is 3.33. The zero-order valence-corrected chi connectivity index (χ0v) is 16.4. The SMILES string of the molecule is NC1=NC=C(c2cccc(NC(=O)Nc3ccc4c(c3)C3=C(CC4)N=C(N)C3)c2)C1. The summed E-state index contributed by atoms with van der Waals surface area (Å²) in [5, 5.41) is 5.83. The lowest BCUT2D eigenvalue weighted by Gasteiger charge is -2.19. The van der Waals surface area contributed by atoms with Crippen molar-refractivity contribution in [3.8, 4) is 0 Å². The van der Waals surface area contributed by atoms with Crippen LogP contribution in [0.15, 0.2) is 64.3 Å². The maximum absolute atomic E-state index is 12.6. The van der Waals surface area contributed by atoms with Crippen molar-refractivity contribution in [2.24, 2.45) is 21.5 Å². The van der Waals surface area contributed by atoms with Crippen LogP contribution < -0.4 is 22.1 Å². The number of nitrogens with zero attached hydrogens (tertiary/aromatic N) is 2. The third-order valence-electron chi connectivity index (χ3n) is 5.56. The van der Waals surface area contributed by atoms with Gasteiger partial charge in [-0.3, -0.25) is 0 Å². The Morgan fingerprint density at radius 2 is 1.77 bits per heavy atom. The Morgan fingerprint density at radius 1 is 0.933 bits per heavy atom. The van der Waals surface area contributed by atoms with Gasteiger partial charge in [0.15, 0.2) is 0 Å². The number of allylic oxidation sites excluding steroid dienone is 1. The number of carbonyl (C=O) groups excluding carboxylic acids is 1. The number of hydrogen-bond donors (Lipinski definition) is 4. The minimum absolute atomic E-state index is 0.296. The Labute approximate surface area is 174 Å². The van der Waals surface area contributed by atoms with Gasteiger partial charge in [0.1, 0.15) is 11.7 Å². The number of urea groups is 1. The van der Waals surface area contributed by atoms with E-state index in [4.69, 9.17) is 11.5 Å². The van der Waals surface area contributed by atoms with Gasteiger partial charge in [-0.05, 0) is 64.9 Å². The number of amidine groups is 2. The smallest absolute Gasteiger partial charge is 0.323 e. The standard InChI is InChI=1S/C23H22N6O/c24-21-9-15(12-26-21)14-2-1-3-16(8-14)27-23(30)28-17-6-4-13-5-7-20-19(18(13)10-17)11-22(25)29-20/h1-4,6,8,10,12H,5,7,9,11H2,(H2,24,26)(H2,25,29)(H2,27,28,30). The molecule has 0 unspecified atom stereocenters. The maximum atomic E-state index is 12.6. The molecule has 2 aliphatic heterocycles. The molecule has 2 aromatic carbocycles. The van der Waals surface area contributed by atoms with Crippen LogP contribution in [0.25, 0.3) is 11.1 Å². The van der Waals surface area contributed by atoms with E-state index in [9.17, 15) is 4.79 Å². The Hall–Kier alpha value is -3.87. The van der Waals surface area contributed by atoms with E-state index in [1.54, 1.807) is 6.20 Å². The largest absolute Gasteiger partial charge is 0.387 e. The van der Waals surface area contributed by atoms with Crippen LogP contribution in [0.2, 0.25) is 0 Å². The van der Waals surface area contributed by atoms with E-state index >= 15 is 0 Å². The summed E-state index contributed by atoms with van der Waals surface area (Å²) >= 11 is 0. The number of rotatable bonds is 3.